The molecule has 0 amide bonds. The normalized spacial score (nSPS) is 11.3. The Hall–Kier alpha value is -1.61. The molecule has 2 heterocycles. The van der Waals surface area contributed by atoms with Crippen molar-refractivity contribution < 1.29 is 0 Å². The van der Waals surface area contributed by atoms with Crippen LogP contribution >= 0.6 is 11.6 Å². The van der Waals surface area contributed by atoms with E-state index in [1.807, 2.05) is 35.6 Å². The van der Waals surface area contributed by atoms with Crippen LogP contribution in [0.5, 0.6) is 0 Å². The molecule has 74 valence electrons. The van der Waals surface area contributed by atoms with Crippen LogP contribution < -0.4 is 0 Å². The zero-order valence-corrected chi connectivity index (χ0v) is 8.86. The number of nitrogens with zero attached hydrogens (tertiary/aromatic N) is 3. The van der Waals surface area contributed by atoms with Gasteiger partial charge in [0.2, 0.25) is 0 Å². The van der Waals surface area contributed by atoms with Gasteiger partial charge in [-0.1, -0.05) is 29.8 Å². The van der Waals surface area contributed by atoms with Gasteiger partial charge in [-0.15, -0.1) is 10.2 Å². The molecule has 0 radical (unpaired) electrons. The molecule has 15 heavy (non-hydrogen) atoms. The standard InChI is InChI=1S/C11H8ClN3/c1-7-10(12)8-4-2-3-5-9(8)15-6-13-14-11(7)15/h2-6H,1H3. The molecule has 0 saturated carbocycles. The molecule has 0 atom stereocenters. The molecule has 0 spiro atoms. The minimum absolute atomic E-state index is 0.756. The summed E-state index contributed by atoms with van der Waals surface area (Å²) in [5.74, 6) is 0. The number of hydrogen-bond acceptors (Lipinski definition) is 2. The Balaban J connectivity index is 2.70. The maximum absolute atomic E-state index is 6.28. The third-order valence-electron chi connectivity index (χ3n) is 2.61. The first-order valence-corrected chi connectivity index (χ1v) is 5.03. The highest BCUT2D eigenvalue weighted by Crippen LogP contribution is 2.28. The van der Waals surface area contributed by atoms with Crippen LogP contribution in [0, 0.1) is 6.92 Å². The van der Waals surface area contributed by atoms with Gasteiger partial charge in [-0.3, -0.25) is 4.40 Å². The van der Waals surface area contributed by atoms with Gasteiger partial charge in [-0.2, -0.15) is 0 Å². The third-order valence-corrected chi connectivity index (χ3v) is 3.10. The molecule has 4 heteroatoms. The quantitative estimate of drug-likeness (QED) is 0.580. The van der Waals surface area contributed by atoms with Crippen molar-refractivity contribution in [2.45, 2.75) is 6.92 Å². The molecule has 0 N–H and O–H groups in total. The van der Waals surface area contributed by atoms with Gasteiger partial charge >= 0.3 is 0 Å². The van der Waals surface area contributed by atoms with Gasteiger partial charge in [0.15, 0.2) is 5.65 Å². The van der Waals surface area contributed by atoms with Crippen LogP contribution in [-0.4, -0.2) is 14.6 Å². The van der Waals surface area contributed by atoms with E-state index < -0.39 is 0 Å². The van der Waals surface area contributed by atoms with E-state index in [1.165, 1.54) is 0 Å². The summed E-state index contributed by atoms with van der Waals surface area (Å²) in [6.45, 7) is 1.96. The first-order chi connectivity index (χ1) is 7.29. The summed E-state index contributed by atoms with van der Waals surface area (Å²) in [4.78, 5) is 0. The lowest BCUT2D eigenvalue weighted by molar-refractivity contribution is 1.11. The zero-order valence-electron chi connectivity index (χ0n) is 8.11. The Labute approximate surface area is 91.3 Å². The maximum Gasteiger partial charge on any atom is 0.165 e. The molecular formula is C11H8ClN3. The molecule has 0 bridgehead atoms. The van der Waals surface area contributed by atoms with Gasteiger partial charge in [0.25, 0.3) is 0 Å². The van der Waals surface area contributed by atoms with Crippen molar-refractivity contribution in [1.82, 2.24) is 14.6 Å². The minimum atomic E-state index is 0.756. The molecule has 0 fully saturated rings. The number of para-hydroxylation sites is 1. The second-order valence-electron chi connectivity index (χ2n) is 3.48. The molecule has 3 nitrogen and oxygen atoms in total. The molecule has 0 aliphatic heterocycles. The largest absolute Gasteiger partial charge is 0.281 e. The van der Waals surface area contributed by atoms with Crippen molar-refractivity contribution in [2.75, 3.05) is 0 Å². The van der Waals surface area contributed by atoms with Gasteiger partial charge in [0.05, 0.1) is 10.5 Å². The monoisotopic (exact) mass is 217 g/mol. The SMILES string of the molecule is Cc1c(Cl)c2ccccc2n2cnnc12. The molecule has 0 aliphatic carbocycles. The van der Waals surface area contributed by atoms with Crippen molar-refractivity contribution in [1.29, 1.82) is 0 Å². The van der Waals surface area contributed by atoms with Crippen LogP contribution in [0.3, 0.4) is 0 Å². The van der Waals surface area contributed by atoms with Gasteiger partial charge in [-0.05, 0) is 13.0 Å². The van der Waals surface area contributed by atoms with E-state index in [4.69, 9.17) is 11.6 Å². The smallest absolute Gasteiger partial charge is 0.165 e. The first-order valence-electron chi connectivity index (χ1n) is 4.65. The van der Waals surface area contributed by atoms with E-state index in [2.05, 4.69) is 10.2 Å². The van der Waals surface area contributed by atoms with Crippen LogP contribution in [0.1, 0.15) is 5.56 Å². The Morgan fingerprint density at radius 3 is 2.93 bits per heavy atom. The van der Waals surface area contributed by atoms with Crippen LogP contribution in [-0.2, 0) is 0 Å². The number of aryl methyl sites for hydroxylation is 1. The lowest BCUT2D eigenvalue weighted by Gasteiger charge is -2.06. The Kier molecular flexibility index (Phi) is 1.70. The maximum atomic E-state index is 6.28. The number of hydrogen-bond donors (Lipinski definition) is 0. The van der Waals surface area contributed by atoms with Gasteiger partial charge in [0, 0.05) is 10.9 Å². The van der Waals surface area contributed by atoms with E-state index in [1.54, 1.807) is 6.33 Å². The van der Waals surface area contributed by atoms with E-state index in [9.17, 15) is 0 Å². The molecule has 2 aromatic heterocycles. The summed E-state index contributed by atoms with van der Waals surface area (Å²) in [6.07, 6.45) is 1.71. The average molecular weight is 218 g/mol. The highest BCUT2D eigenvalue weighted by Gasteiger charge is 2.10. The number of halogens is 1. The van der Waals surface area contributed by atoms with Crippen molar-refractivity contribution in [2.24, 2.45) is 0 Å². The highest BCUT2D eigenvalue weighted by atomic mass is 35.5. The number of benzene rings is 1. The van der Waals surface area contributed by atoms with E-state index in [-0.39, 0.29) is 0 Å². The number of rotatable bonds is 0. The number of pyridine rings is 1. The van der Waals surface area contributed by atoms with Gasteiger partial charge < -0.3 is 0 Å². The fourth-order valence-corrected chi connectivity index (χ4v) is 2.08. The van der Waals surface area contributed by atoms with Crippen LogP contribution in [0.25, 0.3) is 16.6 Å². The summed E-state index contributed by atoms with van der Waals surface area (Å²) in [7, 11) is 0. The summed E-state index contributed by atoms with van der Waals surface area (Å²) in [5, 5.41) is 9.75. The van der Waals surface area contributed by atoms with Gasteiger partial charge in [-0.25, -0.2) is 0 Å². The Morgan fingerprint density at radius 2 is 2.07 bits per heavy atom. The fraction of sp³-hybridized carbons (Fsp3) is 0.0909. The van der Waals surface area contributed by atoms with E-state index >= 15 is 0 Å². The Bertz CT molecular complexity index is 657. The molecule has 3 aromatic rings. The molecular weight excluding hydrogens is 210 g/mol. The minimum Gasteiger partial charge on any atom is -0.281 e. The predicted octanol–water partition coefficient (Wildman–Crippen LogP) is 2.84. The highest BCUT2D eigenvalue weighted by molar-refractivity contribution is 6.36. The van der Waals surface area contributed by atoms with E-state index in [0.29, 0.717) is 0 Å². The van der Waals surface area contributed by atoms with Crippen molar-refractivity contribution in [3.8, 4) is 0 Å². The van der Waals surface area contributed by atoms with Gasteiger partial charge in [0.1, 0.15) is 6.33 Å². The second-order valence-corrected chi connectivity index (χ2v) is 3.86. The second kappa shape index (κ2) is 2.94. The van der Waals surface area contributed by atoms with E-state index in [0.717, 1.165) is 27.1 Å². The Morgan fingerprint density at radius 1 is 1.27 bits per heavy atom. The summed E-state index contributed by atoms with van der Waals surface area (Å²) in [5.41, 5.74) is 2.82. The molecule has 0 aliphatic rings. The topological polar surface area (TPSA) is 30.2 Å². The molecule has 0 unspecified atom stereocenters. The summed E-state index contributed by atoms with van der Waals surface area (Å²) >= 11 is 6.28. The van der Waals surface area contributed by atoms with Crippen LogP contribution in [0.4, 0.5) is 0 Å². The lowest BCUT2D eigenvalue weighted by Crippen LogP contribution is -1.91. The third kappa shape index (κ3) is 1.07. The first kappa shape index (κ1) is 8.68. The van der Waals surface area contributed by atoms with Crippen LogP contribution in [0.2, 0.25) is 5.02 Å². The summed E-state index contributed by atoms with van der Waals surface area (Å²) < 4.78 is 1.95. The predicted molar refractivity (Wildman–Crippen MR) is 60.2 cm³/mol. The number of aromatic nitrogens is 3. The molecule has 1 aromatic carbocycles. The fourth-order valence-electron chi connectivity index (χ4n) is 1.84. The van der Waals surface area contributed by atoms with Crippen molar-refractivity contribution in [3.63, 3.8) is 0 Å². The zero-order chi connectivity index (χ0) is 10.4. The summed E-state index contributed by atoms with van der Waals surface area (Å²) in [6, 6.07) is 7.97. The molecule has 3 rings (SSSR count). The molecule has 0 saturated heterocycles. The van der Waals surface area contributed by atoms with Crippen molar-refractivity contribution in [3.05, 3.63) is 41.2 Å². The van der Waals surface area contributed by atoms with Crippen molar-refractivity contribution >= 4 is 28.2 Å². The average Bonchev–Trinajstić information content (AvgIpc) is 2.75. The van der Waals surface area contributed by atoms with Crippen LogP contribution in [0.15, 0.2) is 30.6 Å². The number of fused-ring (bicyclic) bond motifs is 3. The lowest BCUT2D eigenvalue weighted by atomic mass is 10.1.